The highest BCUT2D eigenvalue weighted by Gasteiger charge is 2.29. The monoisotopic (exact) mass is 259 g/mol. The van der Waals surface area contributed by atoms with E-state index in [4.69, 9.17) is 0 Å². The Labute approximate surface area is 105 Å². The molecular formula is C13H25NO2S. The van der Waals surface area contributed by atoms with Crippen molar-refractivity contribution in [2.45, 2.75) is 58.0 Å². The second kappa shape index (κ2) is 5.27. The van der Waals surface area contributed by atoms with E-state index in [-0.39, 0.29) is 6.04 Å². The minimum absolute atomic E-state index is 0.205. The van der Waals surface area contributed by atoms with Crippen LogP contribution in [0.4, 0.5) is 0 Å². The Morgan fingerprint density at radius 3 is 2.24 bits per heavy atom. The minimum atomic E-state index is -2.77. The summed E-state index contributed by atoms with van der Waals surface area (Å²) >= 11 is 0. The van der Waals surface area contributed by atoms with E-state index in [0.29, 0.717) is 17.5 Å². The van der Waals surface area contributed by atoms with Gasteiger partial charge in [0.2, 0.25) is 0 Å². The molecule has 100 valence electrons. The molecule has 1 saturated carbocycles. The molecule has 3 atom stereocenters. The van der Waals surface area contributed by atoms with Crippen LogP contribution in [0.3, 0.4) is 0 Å². The van der Waals surface area contributed by atoms with Crippen molar-refractivity contribution in [2.24, 2.45) is 11.8 Å². The first-order valence-electron chi connectivity index (χ1n) is 6.91. The van der Waals surface area contributed by atoms with Gasteiger partial charge in [-0.3, -0.25) is 0 Å². The van der Waals surface area contributed by atoms with Gasteiger partial charge in [0.1, 0.15) is 0 Å². The van der Waals surface area contributed by atoms with Gasteiger partial charge in [0.05, 0.1) is 11.5 Å². The van der Waals surface area contributed by atoms with Gasteiger partial charge in [-0.2, -0.15) is 0 Å². The zero-order valence-electron chi connectivity index (χ0n) is 11.0. The molecule has 0 aromatic heterocycles. The van der Waals surface area contributed by atoms with E-state index in [1.165, 1.54) is 19.3 Å². The maximum Gasteiger partial charge on any atom is 0.151 e. The third-order valence-electron chi connectivity index (χ3n) is 4.11. The van der Waals surface area contributed by atoms with Crippen molar-refractivity contribution in [3.05, 3.63) is 0 Å². The quantitative estimate of drug-likeness (QED) is 0.825. The van der Waals surface area contributed by atoms with Gasteiger partial charge in [0.25, 0.3) is 0 Å². The van der Waals surface area contributed by atoms with Gasteiger partial charge in [-0.25, -0.2) is 8.42 Å². The fourth-order valence-corrected chi connectivity index (χ4v) is 5.22. The summed E-state index contributed by atoms with van der Waals surface area (Å²) in [5.41, 5.74) is 0. The van der Waals surface area contributed by atoms with Crippen LogP contribution in [0, 0.1) is 11.8 Å². The van der Waals surface area contributed by atoms with E-state index in [1.807, 2.05) is 0 Å². The maximum atomic E-state index is 11.6. The zero-order valence-corrected chi connectivity index (χ0v) is 11.8. The first kappa shape index (κ1) is 13.3. The standard InChI is InChI=1S/C13H25NO2S/c1-10-6-11(2)8-13(7-10)14-12-4-3-5-17(15,16)9-12/h10-14H,3-9H2,1-2H3. The van der Waals surface area contributed by atoms with Crippen LogP contribution in [0.15, 0.2) is 0 Å². The van der Waals surface area contributed by atoms with Crippen molar-refractivity contribution in [1.29, 1.82) is 0 Å². The van der Waals surface area contributed by atoms with Crippen molar-refractivity contribution in [2.75, 3.05) is 11.5 Å². The Hall–Kier alpha value is -0.0900. The third kappa shape index (κ3) is 3.95. The molecule has 0 aromatic rings. The molecule has 1 heterocycles. The summed E-state index contributed by atoms with van der Waals surface area (Å²) in [6.07, 6.45) is 5.60. The number of hydrogen-bond acceptors (Lipinski definition) is 3. The second-order valence-electron chi connectivity index (χ2n) is 6.23. The Balaban J connectivity index is 1.88. The van der Waals surface area contributed by atoms with Crippen LogP contribution in [0.25, 0.3) is 0 Å². The largest absolute Gasteiger partial charge is 0.310 e. The van der Waals surface area contributed by atoms with Gasteiger partial charge < -0.3 is 5.32 Å². The molecule has 2 fully saturated rings. The van der Waals surface area contributed by atoms with Gasteiger partial charge >= 0.3 is 0 Å². The fourth-order valence-electron chi connectivity index (χ4n) is 3.57. The highest BCUT2D eigenvalue weighted by Crippen LogP contribution is 2.29. The maximum absolute atomic E-state index is 11.6. The molecule has 17 heavy (non-hydrogen) atoms. The molecule has 0 amide bonds. The highest BCUT2D eigenvalue weighted by atomic mass is 32.2. The second-order valence-corrected chi connectivity index (χ2v) is 8.46. The van der Waals surface area contributed by atoms with E-state index in [2.05, 4.69) is 19.2 Å². The lowest BCUT2D eigenvalue weighted by Crippen LogP contribution is -2.47. The van der Waals surface area contributed by atoms with Crippen LogP contribution < -0.4 is 5.32 Å². The van der Waals surface area contributed by atoms with E-state index in [0.717, 1.165) is 24.7 Å². The van der Waals surface area contributed by atoms with E-state index in [9.17, 15) is 8.42 Å². The summed E-state index contributed by atoms with van der Waals surface area (Å²) in [7, 11) is -2.77. The van der Waals surface area contributed by atoms with Crippen LogP contribution in [0.1, 0.15) is 46.0 Å². The summed E-state index contributed by atoms with van der Waals surface area (Å²) in [4.78, 5) is 0. The zero-order chi connectivity index (χ0) is 12.5. The molecule has 1 N–H and O–H groups in total. The van der Waals surface area contributed by atoms with Crippen LogP contribution in [-0.2, 0) is 9.84 Å². The molecular weight excluding hydrogens is 234 g/mol. The molecule has 0 spiro atoms. The smallest absolute Gasteiger partial charge is 0.151 e. The van der Waals surface area contributed by atoms with Crippen molar-refractivity contribution >= 4 is 9.84 Å². The summed E-state index contributed by atoms with van der Waals surface area (Å²) in [6.45, 7) is 4.61. The number of sulfone groups is 1. The summed E-state index contributed by atoms with van der Waals surface area (Å²) in [5.74, 6) is 2.29. The van der Waals surface area contributed by atoms with Crippen molar-refractivity contribution in [1.82, 2.24) is 5.32 Å². The predicted octanol–water partition coefficient (Wildman–Crippen LogP) is 1.98. The average molecular weight is 259 g/mol. The molecule has 2 aliphatic rings. The molecule has 1 aliphatic carbocycles. The highest BCUT2D eigenvalue weighted by molar-refractivity contribution is 7.91. The topological polar surface area (TPSA) is 46.2 Å². The lowest BCUT2D eigenvalue weighted by Gasteiger charge is -2.35. The van der Waals surface area contributed by atoms with Gasteiger partial charge in [-0.05, 0) is 43.9 Å². The minimum Gasteiger partial charge on any atom is -0.310 e. The van der Waals surface area contributed by atoms with E-state index >= 15 is 0 Å². The summed E-state index contributed by atoms with van der Waals surface area (Å²) < 4.78 is 23.2. The Kier molecular flexibility index (Phi) is 4.14. The lowest BCUT2D eigenvalue weighted by molar-refractivity contribution is 0.225. The Bertz CT molecular complexity index is 342. The van der Waals surface area contributed by atoms with Gasteiger partial charge in [-0.15, -0.1) is 0 Å². The van der Waals surface area contributed by atoms with Gasteiger partial charge in [0, 0.05) is 12.1 Å². The molecule has 4 heteroatoms. The third-order valence-corrected chi connectivity index (χ3v) is 5.93. The molecule has 3 nitrogen and oxygen atoms in total. The predicted molar refractivity (Wildman–Crippen MR) is 70.8 cm³/mol. The molecule has 0 radical (unpaired) electrons. The first-order valence-corrected chi connectivity index (χ1v) is 8.73. The SMILES string of the molecule is CC1CC(C)CC(NC2CCCS(=O)(=O)C2)C1. The van der Waals surface area contributed by atoms with Crippen LogP contribution in [0.5, 0.6) is 0 Å². The molecule has 3 unspecified atom stereocenters. The first-order chi connectivity index (χ1) is 7.94. The fraction of sp³-hybridized carbons (Fsp3) is 1.00. The van der Waals surface area contributed by atoms with Crippen LogP contribution >= 0.6 is 0 Å². The number of rotatable bonds is 2. The van der Waals surface area contributed by atoms with Gasteiger partial charge in [-0.1, -0.05) is 13.8 Å². The van der Waals surface area contributed by atoms with E-state index in [1.54, 1.807) is 0 Å². The normalized spacial score (nSPS) is 42.2. The number of hydrogen-bond donors (Lipinski definition) is 1. The van der Waals surface area contributed by atoms with Crippen molar-refractivity contribution < 1.29 is 8.42 Å². The Morgan fingerprint density at radius 2 is 1.65 bits per heavy atom. The number of nitrogens with one attached hydrogen (secondary N) is 1. The molecule has 0 aromatic carbocycles. The lowest BCUT2D eigenvalue weighted by atomic mass is 9.80. The van der Waals surface area contributed by atoms with Crippen molar-refractivity contribution in [3.8, 4) is 0 Å². The Morgan fingerprint density at radius 1 is 1.00 bits per heavy atom. The van der Waals surface area contributed by atoms with Gasteiger partial charge in [0.15, 0.2) is 9.84 Å². The molecule has 1 saturated heterocycles. The van der Waals surface area contributed by atoms with E-state index < -0.39 is 9.84 Å². The van der Waals surface area contributed by atoms with Crippen LogP contribution in [0.2, 0.25) is 0 Å². The van der Waals surface area contributed by atoms with Crippen LogP contribution in [-0.4, -0.2) is 32.0 Å². The summed E-state index contributed by atoms with van der Waals surface area (Å²) in [6, 6.07) is 0.739. The summed E-state index contributed by atoms with van der Waals surface area (Å²) in [5, 5.41) is 3.60. The molecule has 2 rings (SSSR count). The molecule has 0 bridgehead atoms. The molecule has 1 aliphatic heterocycles. The average Bonchev–Trinajstić information content (AvgIpc) is 2.13. The van der Waals surface area contributed by atoms with Crippen molar-refractivity contribution in [3.63, 3.8) is 0 Å².